The number of hydrogen-bond acceptors (Lipinski definition) is 4. The lowest BCUT2D eigenvalue weighted by Crippen LogP contribution is -2.09. The van der Waals surface area contributed by atoms with Gasteiger partial charge < -0.3 is 4.42 Å². The molecule has 0 amide bonds. The molecule has 0 aliphatic heterocycles. The Balaban J connectivity index is 1.58. The Morgan fingerprint density at radius 1 is 0.919 bits per heavy atom. The smallest absolute Gasteiger partial charge is 0.144 e. The summed E-state index contributed by atoms with van der Waals surface area (Å²) in [6.07, 6.45) is 3.59. The van der Waals surface area contributed by atoms with Gasteiger partial charge >= 0.3 is 0 Å². The molecule has 0 aliphatic carbocycles. The van der Waals surface area contributed by atoms with Gasteiger partial charge in [0.15, 0.2) is 0 Å². The van der Waals surface area contributed by atoms with Gasteiger partial charge in [-0.25, -0.2) is 4.98 Å². The van der Waals surface area contributed by atoms with Gasteiger partial charge in [0.25, 0.3) is 0 Å². The van der Waals surface area contributed by atoms with Crippen molar-refractivity contribution >= 4 is 33.3 Å². The number of aromatic nitrogens is 2. The van der Waals surface area contributed by atoms with Gasteiger partial charge in [0.1, 0.15) is 16.2 Å². The molecule has 0 fully saturated rings. The van der Waals surface area contributed by atoms with E-state index in [4.69, 9.17) is 14.0 Å². The molecule has 0 spiro atoms. The number of rotatable bonds is 4. The van der Waals surface area contributed by atoms with E-state index in [1.807, 2.05) is 62.5 Å². The molecule has 6 aromatic rings. The lowest BCUT2D eigenvalue weighted by molar-refractivity contribution is 0.411. The molecule has 4 heteroatoms. The highest BCUT2D eigenvalue weighted by Gasteiger charge is 2.17. The first-order valence-electron chi connectivity index (χ1n) is 15.6. The molecule has 0 aliphatic rings. The summed E-state index contributed by atoms with van der Waals surface area (Å²) in [4.78, 5) is 8.94. The Hall–Kier alpha value is -3.76. The number of fused-ring (bicyclic) bond motifs is 3. The van der Waals surface area contributed by atoms with Crippen molar-refractivity contribution in [2.45, 2.75) is 40.9 Å². The summed E-state index contributed by atoms with van der Waals surface area (Å²) < 4.78 is 65.1. The van der Waals surface area contributed by atoms with Gasteiger partial charge in [0.2, 0.25) is 0 Å². The molecule has 0 saturated carbocycles. The molecule has 0 radical (unpaired) electrons. The summed E-state index contributed by atoms with van der Waals surface area (Å²) in [5.41, 5.74) is 3.84. The molecule has 0 N–H and O–H groups in total. The Bertz CT molecular complexity index is 2020. The average molecular weight is 510 g/mol. The van der Waals surface area contributed by atoms with Crippen molar-refractivity contribution in [3.63, 3.8) is 0 Å². The molecule has 3 aromatic heterocycles. The second kappa shape index (κ2) is 8.97. The van der Waals surface area contributed by atoms with Crippen molar-refractivity contribution in [2.75, 3.05) is 0 Å². The molecule has 37 heavy (non-hydrogen) atoms. The summed E-state index contributed by atoms with van der Waals surface area (Å²) >= 11 is 1.54. The largest absolute Gasteiger partial charge is 0.455 e. The van der Waals surface area contributed by atoms with Gasteiger partial charge in [-0.05, 0) is 77.6 Å². The minimum absolute atomic E-state index is 0.0443. The third kappa shape index (κ3) is 4.47. The summed E-state index contributed by atoms with van der Waals surface area (Å²) in [7, 11) is 0. The van der Waals surface area contributed by atoms with E-state index in [-0.39, 0.29) is 33.7 Å². The molecular formula is C33H30N2OS. The highest BCUT2D eigenvalue weighted by atomic mass is 32.1. The average Bonchev–Trinajstić information content (AvgIpc) is 3.58. The zero-order valence-corrected chi connectivity index (χ0v) is 21.7. The van der Waals surface area contributed by atoms with Crippen LogP contribution in [0.2, 0.25) is 0 Å². The molecule has 6 rings (SSSR count). The fraction of sp³-hybridized carbons (Fsp3) is 0.212. The number of pyridine rings is 1. The van der Waals surface area contributed by atoms with E-state index in [0.29, 0.717) is 34.4 Å². The highest BCUT2D eigenvalue weighted by molar-refractivity contribution is 7.13. The van der Waals surface area contributed by atoms with Crippen LogP contribution in [0, 0.1) is 19.1 Å². The first-order valence-corrected chi connectivity index (χ1v) is 13.0. The summed E-state index contributed by atoms with van der Waals surface area (Å²) in [6, 6.07) is 16.4. The minimum atomic E-state index is -2.60. The second-order valence-corrected chi connectivity index (χ2v) is 11.4. The number of benzene rings is 3. The fourth-order valence-electron chi connectivity index (χ4n) is 4.79. The van der Waals surface area contributed by atoms with Crippen LogP contribution in [0.5, 0.6) is 0 Å². The van der Waals surface area contributed by atoms with Gasteiger partial charge in [-0.1, -0.05) is 57.1 Å². The van der Waals surface area contributed by atoms with E-state index in [0.717, 1.165) is 21.3 Å². The van der Waals surface area contributed by atoms with Crippen LogP contribution in [0.3, 0.4) is 0 Å². The second-order valence-electron chi connectivity index (χ2n) is 10.5. The lowest BCUT2D eigenvalue weighted by Gasteiger charge is -2.19. The van der Waals surface area contributed by atoms with Crippen molar-refractivity contribution < 1.29 is 14.0 Å². The maximum atomic E-state index is 8.96. The quantitative estimate of drug-likeness (QED) is 0.237. The molecule has 3 aromatic carbocycles. The topological polar surface area (TPSA) is 38.9 Å². The Kier molecular flexibility index (Phi) is 4.09. The number of para-hydroxylation sites is 1. The van der Waals surface area contributed by atoms with Crippen molar-refractivity contribution in [1.29, 1.82) is 0 Å². The number of nitrogens with zero attached hydrogens (tertiary/aromatic N) is 2. The molecule has 3 nitrogen and oxygen atoms in total. The van der Waals surface area contributed by atoms with E-state index >= 15 is 0 Å². The van der Waals surface area contributed by atoms with E-state index in [1.165, 1.54) is 17.5 Å². The predicted molar refractivity (Wildman–Crippen MR) is 156 cm³/mol. The Morgan fingerprint density at radius 3 is 2.59 bits per heavy atom. The number of thiazole rings is 1. The summed E-state index contributed by atoms with van der Waals surface area (Å²) in [5.74, 6) is 0. The Morgan fingerprint density at radius 2 is 1.81 bits per heavy atom. The third-order valence-electron chi connectivity index (χ3n) is 6.36. The van der Waals surface area contributed by atoms with Crippen LogP contribution >= 0.6 is 11.3 Å². The maximum absolute atomic E-state index is 8.96. The van der Waals surface area contributed by atoms with Crippen molar-refractivity contribution in [1.82, 2.24) is 9.97 Å². The Labute approximate surface area is 231 Å². The molecule has 0 atom stereocenters. The van der Waals surface area contributed by atoms with Crippen LogP contribution in [-0.2, 0) is 6.42 Å². The van der Waals surface area contributed by atoms with Gasteiger partial charge in [-0.15, -0.1) is 11.3 Å². The number of furan rings is 1. The minimum Gasteiger partial charge on any atom is -0.455 e. The molecule has 0 unspecified atom stereocenters. The van der Waals surface area contributed by atoms with Gasteiger partial charge in [-0.2, -0.15) is 0 Å². The number of hydrogen-bond donors (Lipinski definition) is 0. The molecule has 0 bridgehead atoms. The lowest BCUT2D eigenvalue weighted by atomic mass is 9.86. The van der Waals surface area contributed by atoms with Crippen LogP contribution in [0.15, 0.2) is 82.8 Å². The molecule has 0 saturated heterocycles. The van der Waals surface area contributed by atoms with Gasteiger partial charge in [-0.3, -0.25) is 4.98 Å². The zero-order valence-electron chi connectivity index (χ0n) is 27.8. The highest BCUT2D eigenvalue weighted by Crippen LogP contribution is 2.39. The fourth-order valence-corrected chi connectivity index (χ4v) is 5.42. The summed E-state index contributed by atoms with van der Waals surface area (Å²) in [5, 5.41) is 4.57. The van der Waals surface area contributed by atoms with E-state index in [9.17, 15) is 0 Å². The van der Waals surface area contributed by atoms with Crippen molar-refractivity contribution in [2.24, 2.45) is 5.41 Å². The van der Waals surface area contributed by atoms with Crippen molar-refractivity contribution in [3.05, 3.63) is 95.1 Å². The van der Waals surface area contributed by atoms with Crippen LogP contribution in [0.25, 0.3) is 54.9 Å². The van der Waals surface area contributed by atoms with E-state index in [1.54, 1.807) is 24.4 Å². The van der Waals surface area contributed by atoms with Crippen LogP contribution < -0.4 is 0 Å². The third-order valence-corrected chi connectivity index (χ3v) is 7.18. The predicted octanol–water partition coefficient (Wildman–Crippen LogP) is 9.64. The van der Waals surface area contributed by atoms with Crippen LogP contribution in [-0.4, -0.2) is 9.97 Å². The van der Waals surface area contributed by atoms with Crippen LogP contribution in [0.1, 0.15) is 47.1 Å². The monoisotopic (exact) mass is 509 g/mol. The first-order chi connectivity index (χ1) is 20.6. The standard InChI is InChI=1S/C33H30N2OS/c1-20-15-22(18-33(3,4)5)9-11-24(20)28-17-29(35-19-21(28)2)27-8-6-7-26-25-12-10-23(32-34-13-14-37-32)16-30(25)36-31(26)27/h6-17,19H,18H2,1-5H3/i1D3,2D3,11D. The van der Waals surface area contributed by atoms with Gasteiger partial charge in [0, 0.05) is 47.9 Å². The molecule has 184 valence electrons. The van der Waals surface area contributed by atoms with Gasteiger partial charge in [0.05, 0.1) is 7.06 Å². The van der Waals surface area contributed by atoms with Crippen LogP contribution in [0.4, 0.5) is 0 Å². The SMILES string of the molecule is [2H]c1cc(CC(C)(C)C)cc(C([2H])([2H])[2H])c1-c1cc(-c2cccc3c2oc2cc(-c4nccs4)ccc23)ncc1C([2H])([2H])[2H]. The molecular weight excluding hydrogens is 472 g/mol. The summed E-state index contributed by atoms with van der Waals surface area (Å²) in [6.45, 7) is 0.948. The number of aryl methyl sites for hydroxylation is 2. The van der Waals surface area contributed by atoms with Crippen molar-refractivity contribution in [3.8, 4) is 33.0 Å². The van der Waals surface area contributed by atoms with E-state index < -0.39 is 13.7 Å². The molecule has 3 heterocycles. The first kappa shape index (κ1) is 16.9. The zero-order chi connectivity index (χ0) is 31.6. The normalized spacial score (nSPS) is 15.5. The van der Waals surface area contributed by atoms with E-state index in [2.05, 4.69) is 9.97 Å². The maximum Gasteiger partial charge on any atom is 0.144 e.